The second kappa shape index (κ2) is 5.14. The molecule has 0 radical (unpaired) electrons. The summed E-state index contributed by atoms with van der Waals surface area (Å²) in [5.74, 6) is -0.464. The first-order valence-electron chi connectivity index (χ1n) is 5.15. The van der Waals surface area contributed by atoms with Crippen LogP contribution in [0.5, 0.6) is 11.5 Å². The summed E-state index contributed by atoms with van der Waals surface area (Å²) in [6.45, 7) is 1.37. The van der Waals surface area contributed by atoms with Crippen LogP contribution in [0.1, 0.15) is 17.3 Å². The molecule has 0 amide bonds. The van der Waals surface area contributed by atoms with Crippen LogP contribution in [0.3, 0.4) is 0 Å². The van der Waals surface area contributed by atoms with Gasteiger partial charge in [0.1, 0.15) is 5.75 Å². The van der Waals surface area contributed by atoms with E-state index < -0.39 is 5.82 Å². The van der Waals surface area contributed by atoms with E-state index in [1.807, 2.05) is 0 Å². The second-order valence-electron chi connectivity index (χ2n) is 3.64. The van der Waals surface area contributed by atoms with Gasteiger partial charge in [-0.15, -0.1) is 0 Å². The highest BCUT2D eigenvalue weighted by Gasteiger charge is 2.08. The number of carbonyl (C=O) groups excluding carboxylic acids is 1. The monoisotopic (exact) mass is 265 g/mol. The number of aromatic nitrogens is 1. The molecule has 0 bridgehead atoms. The van der Waals surface area contributed by atoms with Gasteiger partial charge in [-0.3, -0.25) is 9.78 Å². The third kappa shape index (κ3) is 2.84. The lowest BCUT2D eigenvalue weighted by Gasteiger charge is -2.07. The topological polar surface area (TPSA) is 39.2 Å². The Morgan fingerprint density at radius 2 is 2.11 bits per heavy atom. The molecule has 0 N–H and O–H groups in total. The maximum absolute atomic E-state index is 13.7. The fourth-order valence-electron chi connectivity index (χ4n) is 1.38. The van der Waals surface area contributed by atoms with Crippen LogP contribution in [-0.2, 0) is 0 Å². The molecule has 1 heterocycles. The van der Waals surface area contributed by atoms with Crippen molar-refractivity contribution in [1.82, 2.24) is 4.98 Å². The number of nitrogens with zero attached hydrogens (tertiary/aromatic N) is 1. The highest BCUT2D eigenvalue weighted by Crippen LogP contribution is 2.26. The van der Waals surface area contributed by atoms with Gasteiger partial charge in [-0.1, -0.05) is 11.6 Å². The fourth-order valence-corrected chi connectivity index (χ4v) is 1.54. The lowest BCUT2D eigenvalue weighted by atomic mass is 10.1. The molecule has 0 spiro atoms. The maximum atomic E-state index is 13.7. The molecule has 2 aromatic rings. The summed E-state index contributed by atoms with van der Waals surface area (Å²) in [6, 6.07) is 5.55. The first kappa shape index (κ1) is 12.5. The van der Waals surface area contributed by atoms with Crippen molar-refractivity contribution >= 4 is 17.4 Å². The van der Waals surface area contributed by atoms with E-state index in [0.717, 1.165) is 6.07 Å². The average molecular weight is 266 g/mol. The van der Waals surface area contributed by atoms with Gasteiger partial charge >= 0.3 is 0 Å². The predicted molar refractivity (Wildman–Crippen MR) is 65.7 cm³/mol. The van der Waals surface area contributed by atoms with E-state index in [1.54, 1.807) is 0 Å². The SMILES string of the molecule is CC(=O)c1ccc(Oc2cncc(Cl)c2)c(F)c1. The number of ketones is 1. The molecule has 1 aromatic carbocycles. The zero-order valence-corrected chi connectivity index (χ0v) is 10.2. The van der Waals surface area contributed by atoms with Crippen LogP contribution in [0.15, 0.2) is 36.7 Å². The summed E-state index contributed by atoms with van der Waals surface area (Å²) in [7, 11) is 0. The van der Waals surface area contributed by atoms with E-state index in [9.17, 15) is 9.18 Å². The number of ether oxygens (including phenoxy) is 1. The van der Waals surface area contributed by atoms with Gasteiger partial charge in [0, 0.05) is 17.8 Å². The Kier molecular flexibility index (Phi) is 3.58. The fraction of sp³-hybridized carbons (Fsp3) is 0.0769. The van der Waals surface area contributed by atoms with Gasteiger partial charge in [0.2, 0.25) is 0 Å². The normalized spacial score (nSPS) is 10.2. The molecule has 0 saturated carbocycles. The standard InChI is InChI=1S/C13H9ClFNO2/c1-8(17)9-2-3-13(12(15)4-9)18-11-5-10(14)6-16-7-11/h2-7H,1H3. The molecule has 0 aliphatic carbocycles. The zero-order chi connectivity index (χ0) is 13.1. The number of pyridine rings is 1. The van der Waals surface area contributed by atoms with Crippen LogP contribution >= 0.6 is 11.6 Å². The molecule has 5 heteroatoms. The van der Waals surface area contributed by atoms with Crippen LogP contribution in [0.4, 0.5) is 4.39 Å². The molecule has 18 heavy (non-hydrogen) atoms. The molecular formula is C13H9ClFNO2. The summed E-state index contributed by atoms with van der Waals surface area (Å²) in [5.41, 5.74) is 0.295. The third-order valence-corrected chi connectivity index (χ3v) is 2.45. The second-order valence-corrected chi connectivity index (χ2v) is 4.08. The van der Waals surface area contributed by atoms with E-state index in [1.165, 1.54) is 37.5 Å². The first-order valence-corrected chi connectivity index (χ1v) is 5.53. The minimum atomic E-state index is -0.609. The molecule has 0 saturated heterocycles. The van der Waals surface area contributed by atoms with Gasteiger partial charge in [0.25, 0.3) is 0 Å². The van der Waals surface area contributed by atoms with Crippen molar-refractivity contribution in [2.24, 2.45) is 0 Å². The zero-order valence-electron chi connectivity index (χ0n) is 9.48. The van der Waals surface area contributed by atoms with Crippen LogP contribution < -0.4 is 4.74 Å². The number of carbonyl (C=O) groups is 1. The summed E-state index contributed by atoms with van der Waals surface area (Å²) in [6.07, 6.45) is 2.87. The van der Waals surface area contributed by atoms with Gasteiger partial charge in [0.15, 0.2) is 17.3 Å². The highest BCUT2D eigenvalue weighted by atomic mass is 35.5. The minimum absolute atomic E-state index is 0.0177. The van der Waals surface area contributed by atoms with E-state index >= 15 is 0 Å². The largest absolute Gasteiger partial charge is 0.453 e. The Balaban J connectivity index is 2.27. The van der Waals surface area contributed by atoms with E-state index in [0.29, 0.717) is 16.3 Å². The lowest BCUT2D eigenvalue weighted by molar-refractivity contribution is 0.101. The number of benzene rings is 1. The number of Topliss-reactive ketones (excluding diaryl/α,β-unsaturated/α-hetero) is 1. The van der Waals surface area contributed by atoms with E-state index in [4.69, 9.17) is 16.3 Å². The molecule has 0 aliphatic heterocycles. The summed E-state index contributed by atoms with van der Waals surface area (Å²) in [4.78, 5) is 14.9. The van der Waals surface area contributed by atoms with Crippen molar-refractivity contribution in [2.75, 3.05) is 0 Å². The van der Waals surface area contributed by atoms with Crippen molar-refractivity contribution in [3.8, 4) is 11.5 Å². The number of hydrogen-bond acceptors (Lipinski definition) is 3. The quantitative estimate of drug-likeness (QED) is 0.791. The molecule has 3 nitrogen and oxygen atoms in total. The van der Waals surface area contributed by atoms with E-state index in [2.05, 4.69) is 4.98 Å². The number of hydrogen-bond donors (Lipinski definition) is 0. The minimum Gasteiger partial charge on any atom is -0.453 e. The van der Waals surface area contributed by atoms with Crippen molar-refractivity contribution in [3.63, 3.8) is 0 Å². The molecular weight excluding hydrogens is 257 g/mol. The van der Waals surface area contributed by atoms with Crippen molar-refractivity contribution < 1.29 is 13.9 Å². The molecule has 0 atom stereocenters. The Morgan fingerprint density at radius 3 is 2.72 bits per heavy atom. The Labute approximate surface area is 108 Å². The maximum Gasteiger partial charge on any atom is 0.166 e. The van der Waals surface area contributed by atoms with Crippen molar-refractivity contribution in [1.29, 1.82) is 0 Å². The number of halogens is 2. The Bertz CT molecular complexity index is 601. The van der Waals surface area contributed by atoms with Crippen LogP contribution in [0.2, 0.25) is 5.02 Å². The Morgan fingerprint density at radius 1 is 1.33 bits per heavy atom. The summed E-state index contributed by atoms with van der Waals surface area (Å²) >= 11 is 5.74. The molecule has 0 unspecified atom stereocenters. The van der Waals surface area contributed by atoms with Gasteiger partial charge < -0.3 is 4.74 Å². The van der Waals surface area contributed by atoms with Crippen LogP contribution in [0, 0.1) is 5.82 Å². The van der Waals surface area contributed by atoms with Gasteiger partial charge in [-0.25, -0.2) is 4.39 Å². The van der Waals surface area contributed by atoms with E-state index in [-0.39, 0.29) is 11.5 Å². The Hall–Kier alpha value is -1.94. The van der Waals surface area contributed by atoms with Gasteiger partial charge in [0.05, 0.1) is 11.2 Å². The van der Waals surface area contributed by atoms with Crippen molar-refractivity contribution in [3.05, 3.63) is 53.1 Å². The smallest absolute Gasteiger partial charge is 0.166 e. The van der Waals surface area contributed by atoms with Crippen molar-refractivity contribution in [2.45, 2.75) is 6.92 Å². The highest BCUT2D eigenvalue weighted by molar-refractivity contribution is 6.30. The molecule has 2 rings (SSSR count). The van der Waals surface area contributed by atoms with Gasteiger partial charge in [-0.05, 0) is 25.1 Å². The molecule has 92 valence electrons. The van der Waals surface area contributed by atoms with Crippen LogP contribution in [-0.4, -0.2) is 10.8 Å². The predicted octanol–water partition coefficient (Wildman–Crippen LogP) is 3.87. The summed E-state index contributed by atoms with van der Waals surface area (Å²) < 4.78 is 19.0. The number of rotatable bonds is 3. The average Bonchev–Trinajstić information content (AvgIpc) is 2.31. The lowest BCUT2D eigenvalue weighted by Crippen LogP contribution is -1.95. The third-order valence-electron chi connectivity index (χ3n) is 2.25. The van der Waals surface area contributed by atoms with Crippen LogP contribution in [0.25, 0.3) is 0 Å². The molecule has 0 aliphatic rings. The van der Waals surface area contributed by atoms with Gasteiger partial charge in [-0.2, -0.15) is 0 Å². The molecule has 0 fully saturated rings. The molecule has 1 aromatic heterocycles. The first-order chi connectivity index (χ1) is 8.56. The summed E-state index contributed by atoms with van der Waals surface area (Å²) in [5, 5.41) is 0.397.